The van der Waals surface area contributed by atoms with Crippen molar-refractivity contribution in [2.45, 2.75) is 46.1 Å². The molecule has 0 radical (unpaired) electrons. The standard InChI is InChI=1S/C29H30FNO5/c1-5-35-23-13-9-20(16-22(23)17(2)3)27(32)25-26(24-12-6-18(4)36-24)31(29(34)28(25)33)15-14-19-7-10-21(30)11-8-19/h6-13,16-17,26,32H,5,14-15H2,1-4H3/b27-25-. The van der Waals surface area contributed by atoms with E-state index in [0.717, 1.165) is 11.1 Å². The average molecular weight is 492 g/mol. The summed E-state index contributed by atoms with van der Waals surface area (Å²) in [6, 6.07) is 13.8. The quantitative estimate of drug-likeness (QED) is 0.241. The van der Waals surface area contributed by atoms with Crippen molar-refractivity contribution in [3.63, 3.8) is 0 Å². The van der Waals surface area contributed by atoms with Crippen molar-refractivity contribution in [1.82, 2.24) is 4.90 Å². The van der Waals surface area contributed by atoms with Crippen LogP contribution in [0.1, 0.15) is 60.9 Å². The van der Waals surface area contributed by atoms with Crippen LogP contribution in [0.15, 0.2) is 64.6 Å². The molecule has 1 aliphatic heterocycles. The fourth-order valence-corrected chi connectivity index (χ4v) is 4.50. The van der Waals surface area contributed by atoms with Gasteiger partial charge >= 0.3 is 0 Å². The highest BCUT2D eigenvalue weighted by atomic mass is 19.1. The molecule has 0 aliphatic carbocycles. The number of furan rings is 1. The number of carbonyl (C=O) groups excluding carboxylic acids is 2. The number of aliphatic hydroxyl groups excluding tert-OH is 1. The third-order valence-electron chi connectivity index (χ3n) is 6.33. The van der Waals surface area contributed by atoms with Gasteiger partial charge in [-0.25, -0.2) is 4.39 Å². The first-order chi connectivity index (χ1) is 17.2. The summed E-state index contributed by atoms with van der Waals surface area (Å²) >= 11 is 0. The second-order valence-electron chi connectivity index (χ2n) is 9.16. The Morgan fingerprint density at radius 3 is 2.44 bits per heavy atom. The van der Waals surface area contributed by atoms with Gasteiger partial charge in [0.25, 0.3) is 11.7 Å². The Labute approximate surface area is 210 Å². The Balaban J connectivity index is 1.77. The number of benzene rings is 2. The highest BCUT2D eigenvalue weighted by Crippen LogP contribution is 2.41. The molecular weight excluding hydrogens is 461 g/mol. The summed E-state index contributed by atoms with van der Waals surface area (Å²) in [6.07, 6.45) is 0.407. The van der Waals surface area contributed by atoms with E-state index in [1.165, 1.54) is 17.0 Å². The largest absolute Gasteiger partial charge is 0.507 e. The van der Waals surface area contributed by atoms with E-state index in [1.54, 1.807) is 49.4 Å². The van der Waals surface area contributed by atoms with E-state index in [9.17, 15) is 19.1 Å². The molecule has 0 spiro atoms. The second-order valence-corrected chi connectivity index (χ2v) is 9.16. The van der Waals surface area contributed by atoms with E-state index in [-0.39, 0.29) is 29.6 Å². The van der Waals surface area contributed by atoms with E-state index in [2.05, 4.69) is 0 Å². The number of Topliss-reactive ketones (excluding diaryl/α,β-unsaturated/α-hetero) is 1. The topological polar surface area (TPSA) is 80.0 Å². The zero-order valence-electron chi connectivity index (χ0n) is 20.9. The van der Waals surface area contributed by atoms with Crippen LogP contribution >= 0.6 is 0 Å². The number of likely N-dealkylation sites (tertiary alicyclic amines) is 1. The van der Waals surface area contributed by atoms with Gasteiger partial charge < -0.3 is 19.2 Å². The van der Waals surface area contributed by atoms with E-state index in [4.69, 9.17) is 9.15 Å². The average Bonchev–Trinajstić information content (AvgIpc) is 3.39. The molecule has 1 fully saturated rings. The van der Waals surface area contributed by atoms with E-state index in [1.807, 2.05) is 20.8 Å². The summed E-state index contributed by atoms with van der Waals surface area (Å²) in [5.74, 6) is -0.260. The van der Waals surface area contributed by atoms with Gasteiger partial charge in [-0.15, -0.1) is 0 Å². The van der Waals surface area contributed by atoms with Crippen molar-refractivity contribution in [2.24, 2.45) is 0 Å². The lowest BCUT2D eigenvalue weighted by Gasteiger charge is -2.23. The number of rotatable bonds is 8. The van der Waals surface area contributed by atoms with Crippen molar-refractivity contribution >= 4 is 17.4 Å². The van der Waals surface area contributed by atoms with Gasteiger partial charge in [0.15, 0.2) is 0 Å². The van der Waals surface area contributed by atoms with E-state index in [0.29, 0.717) is 35.9 Å². The maximum absolute atomic E-state index is 13.3. The summed E-state index contributed by atoms with van der Waals surface area (Å²) < 4.78 is 24.9. The first-order valence-electron chi connectivity index (χ1n) is 12.1. The van der Waals surface area contributed by atoms with Gasteiger partial charge in [0.05, 0.1) is 12.2 Å². The minimum Gasteiger partial charge on any atom is -0.507 e. The van der Waals surface area contributed by atoms with Crippen molar-refractivity contribution in [2.75, 3.05) is 13.2 Å². The molecule has 1 amide bonds. The Morgan fingerprint density at radius 1 is 1.11 bits per heavy atom. The number of nitrogens with zero attached hydrogens (tertiary/aromatic N) is 1. The Hall–Kier alpha value is -3.87. The molecule has 2 heterocycles. The minimum atomic E-state index is -0.881. The van der Waals surface area contributed by atoms with Crippen molar-refractivity contribution in [3.05, 3.63) is 94.2 Å². The predicted molar refractivity (Wildman–Crippen MR) is 134 cm³/mol. The summed E-state index contributed by atoms with van der Waals surface area (Å²) in [5, 5.41) is 11.4. The van der Waals surface area contributed by atoms with Crippen molar-refractivity contribution < 1.29 is 28.2 Å². The molecule has 188 valence electrons. The number of hydrogen-bond donors (Lipinski definition) is 1. The minimum absolute atomic E-state index is 0.0210. The van der Waals surface area contributed by atoms with Gasteiger partial charge in [-0.2, -0.15) is 0 Å². The number of halogens is 1. The third-order valence-corrected chi connectivity index (χ3v) is 6.33. The molecule has 1 aromatic heterocycles. The molecule has 1 unspecified atom stereocenters. The lowest BCUT2D eigenvalue weighted by molar-refractivity contribution is -0.140. The number of carbonyl (C=O) groups is 2. The number of amides is 1. The number of hydrogen-bond acceptors (Lipinski definition) is 5. The smallest absolute Gasteiger partial charge is 0.295 e. The lowest BCUT2D eigenvalue weighted by atomic mass is 9.95. The fourth-order valence-electron chi connectivity index (χ4n) is 4.50. The molecule has 1 aliphatic rings. The highest BCUT2D eigenvalue weighted by Gasteiger charge is 2.47. The third kappa shape index (κ3) is 4.91. The van der Waals surface area contributed by atoms with Crippen LogP contribution in [0, 0.1) is 12.7 Å². The SMILES string of the molecule is CCOc1ccc(/C(O)=C2/C(=O)C(=O)N(CCc3ccc(F)cc3)C2c2ccc(C)o2)cc1C(C)C. The molecule has 6 nitrogen and oxygen atoms in total. The number of ether oxygens (including phenoxy) is 1. The van der Waals surface area contributed by atoms with E-state index < -0.39 is 17.7 Å². The zero-order chi connectivity index (χ0) is 26.0. The molecule has 7 heteroatoms. The molecule has 1 atom stereocenters. The number of aryl methyl sites for hydroxylation is 1. The summed E-state index contributed by atoms with van der Waals surface area (Å²) in [6.45, 7) is 8.40. The maximum Gasteiger partial charge on any atom is 0.295 e. The summed E-state index contributed by atoms with van der Waals surface area (Å²) in [7, 11) is 0. The number of aliphatic hydroxyl groups is 1. The van der Waals surface area contributed by atoms with Crippen LogP contribution in [0.25, 0.3) is 5.76 Å². The zero-order valence-corrected chi connectivity index (χ0v) is 20.9. The van der Waals surface area contributed by atoms with E-state index >= 15 is 0 Å². The molecule has 36 heavy (non-hydrogen) atoms. The van der Waals surface area contributed by atoms with Crippen LogP contribution in [-0.2, 0) is 16.0 Å². The lowest BCUT2D eigenvalue weighted by Crippen LogP contribution is -2.31. The molecule has 4 rings (SSSR count). The molecule has 3 aromatic rings. The first kappa shape index (κ1) is 25.2. The first-order valence-corrected chi connectivity index (χ1v) is 12.1. The maximum atomic E-state index is 13.3. The number of ketones is 1. The van der Waals surface area contributed by atoms with Gasteiger partial charge in [0, 0.05) is 12.1 Å². The Morgan fingerprint density at radius 2 is 1.83 bits per heavy atom. The normalized spacial score (nSPS) is 17.3. The van der Waals surface area contributed by atoms with Crippen LogP contribution in [0.4, 0.5) is 4.39 Å². The van der Waals surface area contributed by atoms with Gasteiger partial charge in [0.2, 0.25) is 0 Å². The van der Waals surface area contributed by atoms with Gasteiger partial charge in [0.1, 0.15) is 34.9 Å². The van der Waals surface area contributed by atoms with Crippen molar-refractivity contribution in [3.8, 4) is 5.75 Å². The van der Waals surface area contributed by atoms with Crippen LogP contribution in [-0.4, -0.2) is 34.8 Å². The monoisotopic (exact) mass is 491 g/mol. The second kappa shape index (κ2) is 10.4. The highest BCUT2D eigenvalue weighted by molar-refractivity contribution is 6.46. The van der Waals surface area contributed by atoms with Gasteiger partial charge in [-0.05, 0) is 79.8 Å². The molecule has 0 bridgehead atoms. The van der Waals surface area contributed by atoms with Gasteiger partial charge in [-0.1, -0.05) is 26.0 Å². The summed E-state index contributed by atoms with van der Waals surface area (Å²) in [5.41, 5.74) is 2.11. The fraction of sp³-hybridized carbons (Fsp3) is 0.310. The Kier molecular flexibility index (Phi) is 7.29. The van der Waals surface area contributed by atoms with Gasteiger partial charge in [-0.3, -0.25) is 9.59 Å². The van der Waals surface area contributed by atoms with Crippen LogP contribution in [0.3, 0.4) is 0 Å². The molecule has 2 aromatic carbocycles. The van der Waals surface area contributed by atoms with Crippen molar-refractivity contribution in [1.29, 1.82) is 0 Å². The molecule has 1 N–H and O–H groups in total. The Bertz CT molecular complexity index is 1310. The predicted octanol–water partition coefficient (Wildman–Crippen LogP) is 5.91. The molecule has 0 saturated carbocycles. The van der Waals surface area contributed by atoms with Crippen LogP contribution in [0.5, 0.6) is 5.75 Å². The molecule has 1 saturated heterocycles. The van der Waals surface area contributed by atoms with Crippen LogP contribution < -0.4 is 4.74 Å². The molecular formula is C29H30FNO5. The van der Waals surface area contributed by atoms with Crippen LogP contribution in [0.2, 0.25) is 0 Å². The summed E-state index contributed by atoms with van der Waals surface area (Å²) in [4.78, 5) is 27.8.